The molecule has 1 aliphatic rings. The number of hydrogen-bond donors (Lipinski definition) is 2. The van der Waals surface area contributed by atoms with Crippen LogP contribution < -0.4 is 16.0 Å². The van der Waals surface area contributed by atoms with E-state index >= 15 is 0 Å². The molecule has 106 valence electrons. The van der Waals surface area contributed by atoms with E-state index in [1.54, 1.807) is 18.5 Å². The molecule has 3 heterocycles. The van der Waals surface area contributed by atoms with Crippen LogP contribution in [-0.2, 0) is 0 Å². The molecule has 0 unspecified atom stereocenters. The average molecular weight is 280 g/mol. The summed E-state index contributed by atoms with van der Waals surface area (Å²) >= 11 is 0. The maximum Gasteiger partial charge on any atom is 0.221 e. The molecule has 3 rings (SSSR count). The summed E-state index contributed by atoms with van der Waals surface area (Å²) < 4.78 is 0. The maximum atomic E-state index is 5.56. The van der Waals surface area contributed by atoms with Crippen LogP contribution in [-0.4, -0.2) is 41.1 Å². The highest BCUT2D eigenvalue weighted by molar-refractivity contribution is 5.57. The molecule has 2 aromatic rings. The molecule has 2 aromatic heterocycles. The van der Waals surface area contributed by atoms with Crippen molar-refractivity contribution in [2.45, 2.75) is 0 Å². The van der Waals surface area contributed by atoms with Crippen molar-refractivity contribution in [3.05, 3.63) is 41.9 Å². The largest absolute Gasteiger partial charge is 0.368 e. The second-order valence-electron chi connectivity index (χ2n) is 4.66. The Labute approximate surface area is 123 Å². The molecule has 1 aliphatic heterocycles. The number of aromatic nitrogens is 3. The van der Waals surface area contributed by atoms with Crippen molar-refractivity contribution >= 4 is 11.8 Å². The molecule has 0 aromatic carbocycles. The van der Waals surface area contributed by atoms with Gasteiger partial charge in [-0.1, -0.05) is 5.92 Å². The Bertz CT molecular complexity index is 682. The van der Waals surface area contributed by atoms with Crippen LogP contribution in [0.3, 0.4) is 0 Å². The van der Waals surface area contributed by atoms with Gasteiger partial charge in [0.25, 0.3) is 0 Å². The van der Waals surface area contributed by atoms with Crippen LogP contribution in [0.25, 0.3) is 0 Å². The fraction of sp³-hybridized carbons (Fsp3) is 0.267. The number of anilines is 2. The van der Waals surface area contributed by atoms with E-state index in [-0.39, 0.29) is 5.95 Å². The zero-order valence-corrected chi connectivity index (χ0v) is 11.6. The van der Waals surface area contributed by atoms with E-state index in [1.165, 1.54) is 0 Å². The summed E-state index contributed by atoms with van der Waals surface area (Å²) in [5.74, 6) is 7.31. The molecule has 0 aliphatic carbocycles. The number of nitrogens with zero attached hydrogens (tertiary/aromatic N) is 4. The van der Waals surface area contributed by atoms with Crippen LogP contribution in [0.15, 0.2) is 30.6 Å². The number of pyridine rings is 1. The first-order valence-electron chi connectivity index (χ1n) is 6.84. The second kappa shape index (κ2) is 6.20. The van der Waals surface area contributed by atoms with Gasteiger partial charge < -0.3 is 16.0 Å². The number of rotatable bonds is 1. The SMILES string of the molecule is Nc1nccc(C#Cc2cccnc2N2CCNCC2)n1. The molecule has 0 saturated carbocycles. The van der Waals surface area contributed by atoms with E-state index in [0.29, 0.717) is 5.69 Å². The highest BCUT2D eigenvalue weighted by atomic mass is 15.2. The standard InChI is InChI=1S/C15H16N6/c16-15-19-7-5-13(20-15)4-3-12-2-1-6-18-14(12)21-10-8-17-9-11-21/h1-2,5-7,17H,8-11H2,(H2,16,19,20). The van der Waals surface area contributed by atoms with Crippen molar-refractivity contribution in [3.8, 4) is 11.8 Å². The summed E-state index contributed by atoms with van der Waals surface area (Å²) in [5.41, 5.74) is 7.07. The van der Waals surface area contributed by atoms with E-state index < -0.39 is 0 Å². The van der Waals surface area contributed by atoms with Gasteiger partial charge in [0.05, 0.1) is 5.56 Å². The molecule has 0 amide bonds. The van der Waals surface area contributed by atoms with Gasteiger partial charge >= 0.3 is 0 Å². The molecular formula is C15H16N6. The number of nitrogens with one attached hydrogen (secondary N) is 1. The van der Waals surface area contributed by atoms with Gasteiger partial charge in [-0.25, -0.2) is 15.0 Å². The quantitative estimate of drug-likeness (QED) is 0.730. The molecule has 0 atom stereocenters. The van der Waals surface area contributed by atoms with Crippen LogP contribution in [0.1, 0.15) is 11.3 Å². The van der Waals surface area contributed by atoms with Gasteiger partial charge in [-0.2, -0.15) is 0 Å². The molecular weight excluding hydrogens is 264 g/mol. The average Bonchev–Trinajstić information content (AvgIpc) is 2.54. The van der Waals surface area contributed by atoms with E-state index in [9.17, 15) is 0 Å². The summed E-state index contributed by atoms with van der Waals surface area (Å²) in [7, 11) is 0. The molecule has 0 spiro atoms. The fourth-order valence-electron chi connectivity index (χ4n) is 2.20. The molecule has 0 radical (unpaired) electrons. The minimum atomic E-state index is 0.232. The number of hydrogen-bond acceptors (Lipinski definition) is 6. The lowest BCUT2D eigenvalue weighted by Crippen LogP contribution is -2.44. The second-order valence-corrected chi connectivity index (χ2v) is 4.66. The molecule has 6 heteroatoms. The van der Waals surface area contributed by atoms with E-state index in [0.717, 1.165) is 37.6 Å². The highest BCUT2D eigenvalue weighted by Crippen LogP contribution is 2.16. The Balaban J connectivity index is 1.89. The van der Waals surface area contributed by atoms with Crippen molar-refractivity contribution in [1.29, 1.82) is 0 Å². The van der Waals surface area contributed by atoms with Crippen LogP contribution >= 0.6 is 0 Å². The first-order valence-corrected chi connectivity index (χ1v) is 6.84. The molecule has 0 bridgehead atoms. The number of nitrogens with two attached hydrogens (primary N) is 1. The van der Waals surface area contributed by atoms with Gasteiger partial charge in [0.1, 0.15) is 11.5 Å². The third-order valence-corrected chi connectivity index (χ3v) is 3.20. The third kappa shape index (κ3) is 3.27. The Kier molecular flexibility index (Phi) is 3.94. The smallest absolute Gasteiger partial charge is 0.221 e. The van der Waals surface area contributed by atoms with Gasteiger partial charge in [0.2, 0.25) is 5.95 Å². The maximum absolute atomic E-state index is 5.56. The predicted octanol–water partition coefficient (Wildman–Crippen LogP) is 0.263. The minimum absolute atomic E-state index is 0.232. The molecule has 6 nitrogen and oxygen atoms in total. The van der Waals surface area contributed by atoms with Crippen molar-refractivity contribution in [2.75, 3.05) is 36.8 Å². The van der Waals surface area contributed by atoms with Gasteiger partial charge in [0, 0.05) is 38.6 Å². The van der Waals surface area contributed by atoms with Crippen molar-refractivity contribution in [3.63, 3.8) is 0 Å². The lowest BCUT2D eigenvalue weighted by atomic mass is 10.2. The first kappa shape index (κ1) is 13.3. The normalized spacial score (nSPS) is 14.4. The summed E-state index contributed by atoms with van der Waals surface area (Å²) in [5, 5.41) is 3.33. The first-order chi connectivity index (χ1) is 10.3. The van der Waals surface area contributed by atoms with Crippen LogP contribution in [0.2, 0.25) is 0 Å². The third-order valence-electron chi connectivity index (χ3n) is 3.20. The van der Waals surface area contributed by atoms with Gasteiger partial charge in [0.15, 0.2) is 0 Å². The molecule has 3 N–H and O–H groups in total. The van der Waals surface area contributed by atoms with Crippen LogP contribution in [0.5, 0.6) is 0 Å². The zero-order chi connectivity index (χ0) is 14.5. The summed E-state index contributed by atoms with van der Waals surface area (Å²) in [6.07, 6.45) is 3.40. The van der Waals surface area contributed by atoms with E-state index in [4.69, 9.17) is 5.73 Å². The van der Waals surface area contributed by atoms with Crippen molar-refractivity contribution < 1.29 is 0 Å². The van der Waals surface area contributed by atoms with Crippen molar-refractivity contribution in [1.82, 2.24) is 20.3 Å². The Morgan fingerprint density at radius 2 is 1.95 bits per heavy atom. The summed E-state index contributed by atoms with van der Waals surface area (Å²) in [4.78, 5) is 14.7. The van der Waals surface area contributed by atoms with Gasteiger partial charge in [-0.3, -0.25) is 0 Å². The highest BCUT2D eigenvalue weighted by Gasteiger charge is 2.14. The van der Waals surface area contributed by atoms with E-state index in [1.807, 2.05) is 12.1 Å². The van der Waals surface area contributed by atoms with Gasteiger partial charge in [-0.05, 0) is 24.1 Å². The summed E-state index contributed by atoms with van der Waals surface area (Å²) in [6.45, 7) is 3.80. The number of nitrogen functional groups attached to an aromatic ring is 1. The lowest BCUT2D eigenvalue weighted by molar-refractivity contribution is 0.584. The Morgan fingerprint density at radius 1 is 1.10 bits per heavy atom. The summed E-state index contributed by atoms with van der Waals surface area (Å²) in [6, 6.07) is 5.61. The Hall–Kier alpha value is -2.65. The molecule has 1 saturated heterocycles. The van der Waals surface area contributed by atoms with Crippen LogP contribution in [0.4, 0.5) is 11.8 Å². The van der Waals surface area contributed by atoms with E-state index in [2.05, 4.69) is 37.0 Å². The monoisotopic (exact) mass is 280 g/mol. The predicted molar refractivity (Wildman–Crippen MR) is 81.7 cm³/mol. The Morgan fingerprint density at radius 3 is 2.76 bits per heavy atom. The van der Waals surface area contributed by atoms with Gasteiger partial charge in [-0.15, -0.1) is 0 Å². The minimum Gasteiger partial charge on any atom is -0.368 e. The van der Waals surface area contributed by atoms with Crippen LogP contribution in [0, 0.1) is 11.8 Å². The zero-order valence-electron chi connectivity index (χ0n) is 11.6. The topological polar surface area (TPSA) is 80.0 Å². The molecule has 1 fully saturated rings. The fourth-order valence-corrected chi connectivity index (χ4v) is 2.20. The van der Waals surface area contributed by atoms with Crippen molar-refractivity contribution in [2.24, 2.45) is 0 Å². The lowest BCUT2D eigenvalue weighted by Gasteiger charge is -2.29. The number of piperazine rings is 1. The molecule has 21 heavy (non-hydrogen) atoms.